The number of piperazine rings is 1. The van der Waals surface area contributed by atoms with E-state index in [0.717, 1.165) is 40.8 Å². The zero-order chi connectivity index (χ0) is 25.5. The smallest absolute Gasteiger partial charge is 0.253 e. The lowest BCUT2D eigenvalue weighted by molar-refractivity contribution is 0.00854. The Morgan fingerprint density at radius 3 is 2.16 bits per heavy atom. The second-order valence-electron chi connectivity index (χ2n) is 9.95. The van der Waals surface area contributed by atoms with Crippen LogP contribution < -0.4 is 0 Å². The second-order valence-corrected chi connectivity index (χ2v) is 9.95. The van der Waals surface area contributed by atoms with Gasteiger partial charge in [0.1, 0.15) is 5.82 Å². The molecule has 1 aromatic heterocycles. The Hall–Kier alpha value is -3.97. The van der Waals surface area contributed by atoms with E-state index in [-0.39, 0.29) is 17.6 Å². The third-order valence-corrected chi connectivity index (χ3v) is 7.64. The van der Waals surface area contributed by atoms with Crippen LogP contribution in [0.15, 0.2) is 79.0 Å². The van der Waals surface area contributed by atoms with Crippen molar-refractivity contribution in [2.45, 2.75) is 13.0 Å². The molecule has 2 aliphatic rings. The van der Waals surface area contributed by atoms with Crippen LogP contribution in [0.2, 0.25) is 0 Å². The van der Waals surface area contributed by atoms with Gasteiger partial charge in [0.05, 0.1) is 5.52 Å². The number of carbonyl (C=O) groups excluding carboxylic acids is 2. The Balaban J connectivity index is 1.08. The molecule has 2 amide bonds. The van der Waals surface area contributed by atoms with Gasteiger partial charge in [0.2, 0.25) is 0 Å². The number of aryl methyl sites for hydroxylation is 1. The van der Waals surface area contributed by atoms with Gasteiger partial charge in [-0.05, 0) is 67.1 Å². The molecule has 0 saturated carbocycles. The number of benzene rings is 3. The van der Waals surface area contributed by atoms with Crippen LogP contribution in [0.4, 0.5) is 4.39 Å². The van der Waals surface area contributed by atoms with E-state index in [1.54, 1.807) is 12.1 Å². The van der Waals surface area contributed by atoms with Crippen molar-refractivity contribution in [2.75, 3.05) is 39.3 Å². The van der Waals surface area contributed by atoms with Gasteiger partial charge < -0.3 is 14.4 Å². The monoisotopic (exact) mass is 496 g/mol. The number of nitrogens with zero attached hydrogens (tertiary/aromatic N) is 4. The fourth-order valence-electron chi connectivity index (χ4n) is 5.43. The highest BCUT2D eigenvalue weighted by atomic mass is 19.1. The minimum Gasteiger partial charge on any atom is -0.336 e. The number of amides is 2. The van der Waals surface area contributed by atoms with Crippen LogP contribution in [0.5, 0.6) is 0 Å². The van der Waals surface area contributed by atoms with Crippen molar-refractivity contribution in [1.29, 1.82) is 0 Å². The van der Waals surface area contributed by atoms with E-state index in [9.17, 15) is 14.0 Å². The molecule has 0 bridgehead atoms. The van der Waals surface area contributed by atoms with Crippen molar-refractivity contribution in [3.8, 4) is 5.69 Å². The molecular weight excluding hydrogens is 467 g/mol. The Bertz CT molecular complexity index is 1450. The van der Waals surface area contributed by atoms with E-state index in [0.29, 0.717) is 37.8 Å². The normalized spacial score (nSPS) is 16.7. The summed E-state index contributed by atoms with van der Waals surface area (Å²) in [6, 6.07) is 22.0. The average molecular weight is 497 g/mol. The molecular formula is C30H29FN4O2. The number of hydrogen-bond acceptors (Lipinski definition) is 3. The second kappa shape index (κ2) is 9.48. The van der Waals surface area contributed by atoms with Gasteiger partial charge in [-0.1, -0.05) is 18.2 Å². The Morgan fingerprint density at radius 1 is 0.784 bits per heavy atom. The molecule has 7 heteroatoms. The number of aromatic nitrogens is 1. The molecule has 0 unspecified atom stereocenters. The third-order valence-electron chi connectivity index (χ3n) is 7.64. The fourth-order valence-corrected chi connectivity index (χ4v) is 5.43. The Labute approximate surface area is 215 Å². The van der Waals surface area contributed by atoms with Crippen molar-refractivity contribution in [3.63, 3.8) is 0 Å². The highest BCUT2D eigenvalue weighted by Gasteiger charge is 2.37. The molecule has 3 aromatic carbocycles. The maximum Gasteiger partial charge on any atom is 0.253 e. The van der Waals surface area contributed by atoms with Crippen molar-refractivity contribution in [1.82, 2.24) is 19.3 Å². The molecule has 6 rings (SSSR count). The van der Waals surface area contributed by atoms with Crippen LogP contribution >= 0.6 is 0 Å². The fraction of sp³-hybridized carbons (Fsp3) is 0.267. The molecule has 188 valence electrons. The van der Waals surface area contributed by atoms with Gasteiger partial charge in [0.15, 0.2) is 0 Å². The summed E-state index contributed by atoms with van der Waals surface area (Å²) in [5, 5.41) is 1.02. The van der Waals surface area contributed by atoms with Crippen LogP contribution in [0.1, 0.15) is 26.3 Å². The molecule has 6 nitrogen and oxygen atoms in total. The molecule has 0 spiro atoms. The number of carbonyl (C=O) groups is 2. The number of likely N-dealkylation sites (tertiary alicyclic amines) is 1. The molecule has 3 heterocycles. The standard InChI is InChI=1S/C30H29FN4O2/c1-21-18-35(25-10-8-24(31)9-11-25)28-12-7-23(17-27(21)28)30(37)34-19-26(20-34)32-13-15-33(16-14-32)29(36)22-5-3-2-4-6-22/h2-12,17-18,26H,13-16,19-20H2,1H3. The molecule has 2 saturated heterocycles. The SMILES string of the molecule is Cc1cn(-c2ccc(F)cc2)c2ccc(C(=O)N3CC(N4CCN(C(=O)c5ccccc5)CC4)C3)cc12. The summed E-state index contributed by atoms with van der Waals surface area (Å²) in [5.41, 5.74) is 4.36. The maximum absolute atomic E-state index is 13.4. The molecule has 2 fully saturated rings. The third kappa shape index (κ3) is 4.40. The molecule has 2 aliphatic heterocycles. The van der Waals surface area contributed by atoms with Crippen LogP contribution in [-0.4, -0.2) is 76.4 Å². The summed E-state index contributed by atoms with van der Waals surface area (Å²) < 4.78 is 15.4. The van der Waals surface area contributed by atoms with Crippen LogP contribution in [0.3, 0.4) is 0 Å². The first kappa shape index (κ1) is 23.4. The van der Waals surface area contributed by atoms with E-state index in [2.05, 4.69) is 4.90 Å². The number of rotatable bonds is 4. The minimum absolute atomic E-state index is 0.0463. The average Bonchev–Trinajstić information content (AvgIpc) is 3.24. The van der Waals surface area contributed by atoms with Gasteiger partial charge in [-0.3, -0.25) is 14.5 Å². The van der Waals surface area contributed by atoms with Crippen LogP contribution in [0, 0.1) is 12.7 Å². The minimum atomic E-state index is -0.264. The van der Waals surface area contributed by atoms with E-state index < -0.39 is 0 Å². The summed E-state index contributed by atoms with van der Waals surface area (Å²) in [7, 11) is 0. The predicted octanol–water partition coefficient (Wildman–Crippen LogP) is 4.36. The van der Waals surface area contributed by atoms with Crippen LogP contribution in [0.25, 0.3) is 16.6 Å². The van der Waals surface area contributed by atoms with Crippen molar-refractivity contribution in [2.24, 2.45) is 0 Å². The topological polar surface area (TPSA) is 48.8 Å². The van der Waals surface area contributed by atoms with E-state index >= 15 is 0 Å². The highest BCUT2D eigenvalue weighted by molar-refractivity contribution is 5.99. The van der Waals surface area contributed by atoms with Gasteiger partial charge >= 0.3 is 0 Å². The summed E-state index contributed by atoms with van der Waals surface area (Å²) >= 11 is 0. The predicted molar refractivity (Wildman–Crippen MR) is 142 cm³/mol. The van der Waals surface area contributed by atoms with E-state index in [1.807, 2.05) is 76.0 Å². The van der Waals surface area contributed by atoms with Crippen LogP contribution in [-0.2, 0) is 0 Å². The summed E-state index contributed by atoms with van der Waals surface area (Å²) in [4.78, 5) is 32.2. The van der Waals surface area contributed by atoms with Gasteiger partial charge in [0, 0.05) is 73.7 Å². The largest absolute Gasteiger partial charge is 0.336 e. The number of fused-ring (bicyclic) bond motifs is 1. The lowest BCUT2D eigenvalue weighted by Crippen LogP contribution is -2.64. The zero-order valence-electron chi connectivity index (χ0n) is 20.8. The molecule has 0 N–H and O–H groups in total. The summed E-state index contributed by atoms with van der Waals surface area (Å²) in [6.45, 7) is 6.51. The van der Waals surface area contributed by atoms with Gasteiger partial charge in [-0.2, -0.15) is 0 Å². The summed E-state index contributed by atoms with van der Waals surface area (Å²) in [6.07, 6.45) is 2.02. The van der Waals surface area contributed by atoms with Crippen molar-refractivity contribution in [3.05, 3.63) is 102 Å². The van der Waals surface area contributed by atoms with Crippen molar-refractivity contribution >= 4 is 22.7 Å². The maximum atomic E-state index is 13.4. The molecule has 4 aromatic rings. The zero-order valence-corrected chi connectivity index (χ0v) is 20.8. The number of halogens is 1. The highest BCUT2D eigenvalue weighted by Crippen LogP contribution is 2.27. The molecule has 37 heavy (non-hydrogen) atoms. The first-order valence-corrected chi connectivity index (χ1v) is 12.7. The van der Waals surface area contributed by atoms with Gasteiger partial charge in [-0.25, -0.2) is 4.39 Å². The lowest BCUT2D eigenvalue weighted by Gasteiger charge is -2.48. The first-order valence-electron chi connectivity index (χ1n) is 12.7. The molecule has 0 atom stereocenters. The van der Waals surface area contributed by atoms with E-state index in [1.165, 1.54) is 12.1 Å². The Kier molecular flexibility index (Phi) is 6.00. The quantitative estimate of drug-likeness (QED) is 0.422. The van der Waals surface area contributed by atoms with Crippen molar-refractivity contribution < 1.29 is 14.0 Å². The van der Waals surface area contributed by atoms with Gasteiger partial charge in [-0.15, -0.1) is 0 Å². The van der Waals surface area contributed by atoms with E-state index in [4.69, 9.17) is 0 Å². The Morgan fingerprint density at radius 2 is 1.46 bits per heavy atom. The van der Waals surface area contributed by atoms with Gasteiger partial charge in [0.25, 0.3) is 11.8 Å². The summed E-state index contributed by atoms with van der Waals surface area (Å²) in [5.74, 6) is -0.130. The number of hydrogen-bond donors (Lipinski definition) is 0. The lowest BCUT2D eigenvalue weighted by atomic mass is 10.0. The first-order chi connectivity index (χ1) is 18.0. The molecule has 0 radical (unpaired) electrons. The molecule has 0 aliphatic carbocycles.